The molecule has 0 saturated carbocycles. The van der Waals surface area contributed by atoms with Crippen molar-refractivity contribution in [1.29, 1.82) is 0 Å². The van der Waals surface area contributed by atoms with Gasteiger partial charge in [0.1, 0.15) is 12.1 Å². The van der Waals surface area contributed by atoms with Gasteiger partial charge < -0.3 is 15.1 Å². The van der Waals surface area contributed by atoms with Crippen LogP contribution in [0.5, 0.6) is 0 Å². The van der Waals surface area contributed by atoms with E-state index < -0.39 is 0 Å². The van der Waals surface area contributed by atoms with Crippen LogP contribution in [0.25, 0.3) is 10.9 Å². The molecule has 0 aliphatic carbocycles. The molecule has 1 heterocycles. The maximum atomic E-state index is 12.4. The summed E-state index contributed by atoms with van der Waals surface area (Å²) in [6.07, 6.45) is 2.00. The highest BCUT2D eigenvalue weighted by Gasteiger charge is 2.13. The van der Waals surface area contributed by atoms with Crippen LogP contribution in [0.1, 0.15) is 6.42 Å². The van der Waals surface area contributed by atoms with Gasteiger partial charge in [0.15, 0.2) is 0 Å². The lowest BCUT2D eigenvalue weighted by Crippen LogP contribution is -2.29. The molecule has 1 amide bonds. The lowest BCUT2D eigenvalue weighted by Gasteiger charge is -2.19. The van der Waals surface area contributed by atoms with E-state index in [4.69, 9.17) is 0 Å². The Balaban J connectivity index is 1.90. The molecular formula is C20H22BrN5O. The Hall–Kier alpha value is -2.51. The number of nitrogens with zero attached hydrogens (tertiary/aromatic N) is 4. The SMILES string of the molecule is CN(C)CCC(=O)N(C)c1ccc2ncnc(Nc3cccc(Br)c3)c2c1. The number of nitrogens with one attached hydrogen (secondary N) is 1. The van der Waals surface area contributed by atoms with Gasteiger partial charge in [-0.15, -0.1) is 0 Å². The first-order valence-corrected chi connectivity index (χ1v) is 9.42. The summed E-state index contributed by atoms with van der Waals surface area (Å²) in [6.45, 7) is 0.718. The summed E-state index contributed by atoms with van der Waals surface area (Å²) in [7, 11) is 5.71. The first-order chi connectivity index (χ1) is 12.9. The minimum Gasteiger partial charge on any atom is -0.340 e. The van der Waals surface area contributed by atoms with Crippen LogP contribution in [-0.2, 0) is 4.79 Å². The molecule has 2 aromatic carbocycles. The summed E-state index contributed by atoms with van der Waals surface area (Å²) in [5, 5.41) is 4.20. The number of rotatable bonds is 6. The number of amides is 1. The van der Waals surface area contributed by atoms with Crippen LogP contribution in [0, 0.1) is 0 Å². The molecule has 3 rings (SSSR count). The molecule has 1 aromatic heterocycles. The van der Waals surface area contributed by atoms with E-state index in [2.05, 4.69) is 31.2 Å². The molecule has 0 saturated heterocycles. The van der Waals surface area contributed by atoms with E-state index in [0.29, 0.717) is 12.2 Å². The van der Waals surface area contributed by atoms with E-state index in [1.807, 2.05) is 61.5 Å². The Labute approximate surface area is 167 Å². The molecule has 0 bridgehead atoms. The summed E-state index contributed by atoms with van der Waals surface area (Å²) in [4.78, 5) is 24.8. The van der Waals surface area contributed by atoms with Crippen molar-refractivity contribution in [2.75, 3.05) is 37.9 Å². The third kappa shape index (κ3) is 4.81. The normalized spacial score (nSPS) is 11.0. The number of halogens is 1. The number of carbonyl (C=O) groups is 1. The number of fused-ring (bicyclic) bond motifs is 1. The maximum absolute atomic E-state index is 12.4. The lowest BCUT2D eigenvalue weighted by atomic mass is 10.2. The van der Waals surface area contributed by atoms with Gasteiger partial charge in [0.25, 0.3) is 0 Å². The predicted octanol–water partition coefficient (Wildman–Crippen LogP) is 4.05. The maximum Gasteiger partial charge on any atom is 0.228 e. The van der Waals surface area contributed by atoms with E-state index in [1.165, 1.54) is 6.33 Å². The number of anilines is 3. The van der Waals surface area contributed by atoms with Gasteiger partial charge in [0.05, 0.1) is 5.52 Å². The summed E-state index contributed by atoms with van der Waals surface area (Å²) < 4.78 is 0.984. The fourth-order valence-electron chi connectivity index (χ4n) is 2.69. The van der Waals surface area contributed by atoms with Crippen LogP contribution < -0.4 is 10.2 Å². The number of benzene rings is 2. The van der Waals surface area contributed by atoms with Crippen molar-refractivity contribution in [3.63, 3.8) is 0 Å². The summed E-state index contributed by atoms with van der Waals surface area (Å²) in [5.41, 5.74) is 2.56. The number of hydrogen-bond acceptors (Lipinski definition) is 5. The third-order valence-corrected chi connectivity index (χ3v) is 4.73. The van der Waals surface area contributed by atoms with Gasteiger partial charge in [-0.05, 0) is 50.5 Å². The van der Waals surface area contributed by atoms with Crippen molar-refractivity contribution >= 4 is 49.9 Å². The van der Waals surface area contributed by atoms with Gasteiger partial charge in [-0.3, -0.25) is 4.79 Å². The predicted molar refractivity (Wildman–Crippen MR) is 114 cm³/mol. The fourth-order valence-corrected chi connectivity index (χ4v) is 3.09. The zero-order valence-electron chi connectivity index (χ0n) is 15.6. The highest BCUT2D eigenvalue weighted by Crippen LogP contribution is 2.28. The summed E-state index contributed by atoms with van der Waals surface area (Å²) in [5.74, 6) is 0.774. The summed E-state index contributed by atoms with van der Waals surface area (Å²) >= 11 is 3.48. The van der Waals surface area contributed by atoms with Crippen molar-refractivity contribution < 1.29 is 4.79 Å². The second kappa shape index (κ2) is 8.45. The molecule has 6 nitrogen and oxygen atoms in total. The molecule has 0 radical (unpaired) electrons. The summed E-state index contributed by atoms with van der Waals surface area (Å²) in [6, 6.07) is 13.6. The van der Waals surface area contributed by atoms with Gasteiger partial charge in [-0.25, -0.2) is 9.97 Å². The molecule has 1 N–H and O–H groups in total. The van der Waals surface area contributed by atoms with Crippen molar-refractivity contribution in [3.05, 3.63) is 53.3 Å². The number of hydrogen-bond donors (Lipinski definition) is 1. The van der Waals surface area contributed by atoms with Crippen molar-refractivity contribution in [2.24, 2.45) is 0 Å². The average molecular weight is 428 g/mol. The molecule has 0 aliphatic rings. The van der Waals surface area contributed by atoms with E-state index in [-0.39, 0.29) is 5.91 Å². The van der Waals surface area contributed by atoms with Gasteiger partial charge in [-0.2, -0.15) is 0 Å². The third-order valence-electron chi connectivity index (χ3n) is 4.24. The Morgan fingerprint density at radius 2 is 1.93 bits per heavy atom. The molecule has 0 spiro atoms. The Kier molecular flexibility index (Phi) is 6.03. The van der Waals surface area contributed by atoms with E-state index in [9.17, 15) is 4.79 Å². The van der Waals surface area contributed by atoms with E-state index in [0.717, 1.165) is 33.3 Å². The fraction of sp³-hybridized carbons (Fsp3) is 0.250. The zero-order valence-corrected chi connectivity index (χ0v) is 17.2. The standard InChI is InChI=1S/C20H22BrN5O/c1-25(2)10-9-19(27)26(3)16-7-8-18-17(12-16)20(23-13-22-18)24-15-6-4-5-14(21)11-15/h4-8,11-13H,9-10H2,1-3H3,(H,22,23,24). The average Bonchev–Trinajstić information content (AvgIpc) is 2.65. The molecule has 0 atom stereocenters. The molecule has 7 heteroatoms. The molecule has 27 heavy (non-hydrogen) atoms. The van der Waals surface area contributed by atoms with Gasteiger partial charge in [-0.1, -0.05) is 22.0 Å². The molecule has 140 valence electrons. The number of carbonyl (C=O) groups excluding carboxylic acids is 1. The van der Waals surface area contributed by atoms with Gasteiger partial charge in [0, 0.05) is 41.2 Å². The smallest absolute Gasteiger partial charge is 0.228 e. The Morgan fingerprint density at radius 1 is 1.11 bits per heavy atom. The van der Waals surface area contributed by atoms with Crippen molar-refractivity contribution in [1.82, 2.24) is 14.9 Å². The van der Waals surface area contributed by atoms with Crippen LogP contribution in [0.3, 0.4) is 0 Å². The largest absolute Gasteiger partial charge is 0.340 e. The Morgan fingerprint density at radius 3 is 2.67 bits per heavy atom. The minimum absolute atomic E-state index is 0.0707. The molecule has 0 aliphatic heterocycles. The lowest BCUT2D eigenvalue weighted by molar-refractivity contribution is -0.118. The van der Waals surface area contributed by atoms with Crippen LogP contribution in [0.4, 0.5) is 17.2 Å². The second-order valence-electron chi connectivity index (χ2n) is 6.57. The zero-order chi connectivity index (χ0) is 19.4. The van der Waals surface area contributed by atoms with Gasteiger partial charge >= 0.3 is 0 Å². The Bertz CT molecular complexity index is 960. The van der Waals surface area contributed by atoms with Crippen LogP contribution >= 0.6 is 15.9 Å². The second-order valence-corrected chi connectivity index (χ2v) is 7.48. The first kappa shape index (κ1) is 19.3. The monoisotopic (exact) mass is 427 g/mol. The highest BCUT2D eigenvalue weighted by atomic mass is 79.9. The van der Waals surface area contributed by atoms with Gasteiger partial charge in [0.2, 0.25) is 5.91 Å². The van der Waals surface area contributed by atoms with Crippen LogP contribution in [0.2, 0.25) is 0 Å². The molecule has 3 aromatic rings. The highest BCUT2D eigenvalue weighted by molar-refractivity contribution is 9.10. The molecule has 0 fully saturated rings. The molecule has 0 unspecified atom stereocenters. The number of aromatic nitrogens is 2. The van der Waals surface area contributed by atoms with Crippen molar-refractivity contribution in [2.45, 2.75) is 6.42 Å². The van der Waals surface area contributed by atoms with E-state index >= 15 is 0 Å². The van der Waals surface area contributed by atoms with E-state index in [1.54, 1.807) is 11.9 Å². The van der Waals surface area contributed by atoms with Crippen LogP contribution in [-0.4, -0.2) is 48.5 Å². The molecular weight excluding hydrogens is 406 g/mol. The van der Waals surface area contributed by atoms with Crippen LogP contribution in [0.15, 0.2) is 53.3 Å². The first-order valence-electron chi connectivity index (χ1n) is 8.62. The van der Waals surface area contributed by atoms with Crippen molar-refractivity contribution in [3.8, 4) is 0 Å². The topological polar surface area (TPSA) is 61.4 Å². The minimum atomic E-state index is 0.0707. The quantitative estimate of drug-likeness (QED) is 0.642.